The van der Waals surface area contributed by atoms with E-state index in [1.807, 2.05) is 18.6 Å². The molecule has 3 aromatic rings. The summed E-state index contributed by atoms with van der Waals surface area (Å²) in [7, 11) is 0. The second kappa shape index (κ2) is 7.67. The highest BCUT2D eigenvalue weighted by Gasteiger charge is 2.34. The second-order valence-electron chi connectivity index (χ2n) is 7.67. The summed E-state index contributed by atoms with van der Waals surface area (Å²) in [6, 6.07) is 18.8. The van der Waals surface area contributed by atoms with E-state index in [0.29, 0.717) is 0 Å². The molecule has 4 rings (SSSR count). The number of aliphatic hydroxyl groups is 1. The minimum Gasteiger partial charge on any atom is -0.385 e. The van der Waals surface area contributed by atoms with Crippen molar-refractivity contribution in [1.82, 2.24) is 14.5 Å². The van der Waals surface area contributed by atoms with Crippen LogP contribution in [0.5, 0.6) is 0 Å². The number of aromatic nitrogens is 2. The van der Waals surface area contributed by atoms with Gasteiger partial charge in [0.2, 0.25) is 0 Å². The highest BCUT2D eigenvalue weighted by Crippen LogP contribution is 2.33. The van der Waals surface area contributed by atoms with Gasteiger partial charge in [0.05, 0.1) is 17.6 Å². The van der Waals surface area contributed by atoms with Gasteiger partial charge in [-0.15, -0.1) is 0 Å². The lowest BCUT2D eigenvalue weighted by Gasteiger charge is -2.38. The van der Waals surface area contributed by atoms with Gasteiger partial charge in [0, 0.05) is 32.4 Å². The average molecular weight is 361 g/mol. The molecule has 1 saturated heterocycles. The predicted octanol–water partition coefficient (Wildman–Crippen LogP) is 3.72. The number of likely N-dealkylation sites (tertiary alicyclic amines) is 1. The number of aryl methyl sites for hydroxylation is 1. The first-order valence-corrected chi connectivity index (χ1v) is 9.67. The highest BCUT2D eigenvalue weighted by atomic mass is 16.3. The average Bonchev–Trinajstić information content (AvgIpc) is 3.12. The lowest BCUT2D eigenvalue weighted by molar-refractivity contribution is -0.0281. The summed E-state index contributed by atoms with van der Waals surface area (Å²) in [6.07, 6.45) is 5.41. The van der Waals surface area contributed by atoms with Gasteiger partial charge in [0.15, 0.2) is 0 Å². The zero-order chi connectivity index (χ0) is 18.7. The molecule has 0 radical (unpaired) electrons. The fourth-order valence-electron chi connectivity index (χ4n) is 3.86. The molecule has 0 atom stereocenters. The zero-order valence-electron chi connectivity index (χ0n) is 15.9. The Hall–Kier alpha value is -2.43. The van der Waals surface area contributed by atoms with Crippen LogP contribution in [0.2, 0.25) is 0 Å². The molecule has 0 amide bonds. The summed E-state index contributed by atoms with van der Waals surface area (Å²) in [5.41, 5.74) is 4.08. The molecule has 4 heteroatoms. The normalized spacial score (nSPS) is 17.1. The maximum absolute atomic E-state index is 11.1. The third-order valence-corrected chi connectivity index (χ3v) is 5.65. The Kier molecular flexibility index (Phi) is 5.10. The van der Waals surface area contributed by atoms with Crippen LogP contribution < -0.4 is 0 Å². The molecule has 1 N–H and O–H groups in total. The Balaban J connectivity index is 1.39. The zero-order valence-corrected chi connectivity index (χ0v) is 15.9. The lowest BCUT2D eigenvalue weighted by Crippen LogP contribution is -2.42. The number of benzene rings is 2. The molecule has 2 heterocycles. The van der Waals surface area contributed by atoms with E-state index in [1.54, 1.807) is 0 Å². The third-order valence-electron chi connectivity index (χ3n) is 5.65. The van der Waals surface area contributed by atoms with Gasteiger partial charge in [0.25, 0.3) is 0 Å². The van der Waals surface area contributed by atoms with Gasteiger partial charge in [0.1, 0.15) is 0 Å². The van der Waals surface area contributed by atoms with Gasteiger partial charge in [-0.1, -0.05) is 60.2 Å². The van der Waals surface area contributed by atoms with E-state index in [9.17, 15) is 5.11 Å². The summed E-state index contributed by atoms with van der Waals surface area (Å²) in [4.78, 5) is 6.77. The van der Waals surface area contributed by atoms with Crippen molar-refractivity contribution in [2.45, 2.75) is 38.5 Å². The van der Waals surface area contributed by atoms with Crippen molar-refractivity contribution in [1.29, 1.82) is 0 Å². The Morgan fingerprint density at radius 1 is 0.963 bits per heavy atom. The van der Waals surface area contributed by atoms with Crippen LogP contribution in [-0.2, 0) is 18.7 Å². The molecule has 2 aromatic carbocycles. The Morgan fingerprint density at radius 3 is 2.37 bits per heavy atom. The van der Waals surface area contributed by atoms with Gasteiger partial charge >= 0.3 is 0 Å². The smallest absolute Gasteiger partial charge is 0.0951 e. The molecule has 1 fully saturated rings. The van der Waals surface area contributed by atoms with E-state index in [0.717, 1.165) is 44.6 Å². The van der Waals surface area contributed by atoms with Gasteiger partial charge in [-0.2, -0.15) is 0 Å². The van der Waals surface area contributed by atoms with E-state index in [1.165, 1.54) is 16.8 Å². The SMILES string of the molecule is Cc1ccc(C2(O)CCN(Cc3cncn3Cc3ccccc3)CC2)cc1. The molecule has 27 heavy (non-hydrogen) atoms. The maximum atomic E-state index is 11.1. The summed E-state index contributed by atoms with van der Waals surface area (Å²) in [6.45, 7) is 5.57. The van der Waals surface area contributed by atoms with E-state index >= 15 is 0 Å². The summed E-state index contributed by atoms with van der Waals surface area (Å²) < 4.78 is 2.22. The minimum absolute atomic E-state index is 0.700. The molecule has 1 aliphatic rings. The highest BCUT2D eigenvalue weighted by molar-refractivity contribution is 5.27. The molecule has 0 unspecified atom stereocenters. The van der Waals surface area contributed by atoms with Crippen LogP contribution in [0.25, 0.3) is 0 Å². The maximum Gasteiger partial charge on any atom is 0.0951 e. The standard InChI is InChI=1S/C23H27N3O/c1-19-7-9-21(10-8-19)23(27)11-13-25(14-12-23)17-22-15-24-18-26(22)16-20-5-3-2-4-6-20/h2-10,15,18,27H,11-14,16-17H2,1H3. The molecule has 4 nitrogen and oxygen atoms in total. The monoisotopic (exact) mass is 361 g/mol. The van der Waals surface area contributed by atoms with Crippen molar-refractivity contribution in [2.75, 3.05) is 13.1 Å². The van der Waals surface area contributed by atoms with E-state index < -0.39 is 5.60 Å². The Labute approximate surface area is 161 Å². The van der Waals surface area contributed by atoms with Crippen molar-refractivity contribution in [2.24, 2.45) is 0 Å². The summed E-state index contributed by atoms with van der Waals surface area (Å²) in [5.74, 6) is 0. The van der Waals surface area contributed by atoms with E-state index in [2.05, 4.69) is 69.9 Å². The summed E-state index contributed by atoms with van der Waals surface area (Å²) >= 11 is 0. The second-order valence-corrected chi connectivity index (χ2v) is 7.67. The molecule has 0 saturated carbocycles. The number of hydrogen-bond donors (Lipinski definition) is 1. The van der Waals surface area contributed by atoms with E-state index in [-0.39, 0.29) is 0 Å². The van der Waals surface area contributed by atoms with Crippen LogP contribution in [0.15, 0.2) is 67.1 Å². The topological polar surface area (TPSA) is 41.3 Å². The predicted molar refractivity (Wildman–Crippen MR) is 107 cm³/mol. The van der Waals surface area contributed by atoms with Crippen LogP contribution in [0.4, 0.5) is 0 Å². The van der Waals surface area contributed by atoms with Crippen LogP contribution >= 0.6 is 0 Å². The quantitative estimate of drug-likeness (QED) is 0.753. The van der Waals surface area contributed by atoms with Crippen molar-refractivity contribution in [3.8, 4) is 0 Å². The van der Waals surface area contributed by atoms with Crippen LogP contribution in [0.1, 0.15) is 35.2 Å². The van der Waals surface area contributed by atoms with E-state index in [4.69, 9.17) is 0 Å². The molecule has 140 valence electrons. The largest absolute Gasteiger partial charge is 0.385 e. The number of hydrogen-bond acceptors (Lipinski definition) is 3. The van der Waals surface area contributed by atoms with Gasteiger partial charge in [-0.3, -0.25) is 4.90 Å². The van der Waals surface area contributed by atoms with Crippen LogP contribution in [0, 0.1) is 6.92 Å². The van der Waals surface area contributed by atoms with Crippen LogP contribution in [0.3, 0.4) is 0 Å². The van der Waals surface area contributed by atoms with Crippen LogP contribution in [-0.4, -0.2) is 32.6 Å². The molecular weight excluding hydrogens is 334 g/mol. The fourth-order valence-corrected chi connectivity index (χ4v) is 3.86. The first-order chi connectivity index (χ1) is 13.1. The van der Waals surface area contributed by atoms with Crippen molar-refractivity contribution < 1.29 is 5.11 Å². The van der Waals surface area contributed by atoms with Gasteiger partial charge in [-0.25, -0.2) is 4.98 Å². The molecule has 1 aromatic heterocycles. The first-order valence-electron chi connectivity index (χ1n) is 9.67. The van der Waals surface area contributed by atoms with Gasteiger partial charge < -0.3 is 9.67 Å². The third kappa shape index (κ3) is 4.12. The molecule has 0 aliphatic carbocycles. The Bertz CT molecular complexity index is 862. The number of nitrogens with zero attached hydrogens (tertiary/aromatic N) is 3. The molecule has 0 bridgehead atoms. The van der Waals surface area contributed by atoms with Crippen molar-refractivity contribution in [3.63, 3.8) is 0 Å². The first kappa shape index (κ1) is 18.0. The minimum atomic E-state index is -0.700. The molecule has 1 aliphatic heterocycles. The molecular formula is C23H27N3O. The fraction of sp³-hybridized carbons (Fsp3) is 0.348. The number of imidazole rings is 1. The van der Waals surface area contributed by atoms with Gasteiger partial charge in [-0.05, 0) is 30.9 Å². The molecule has 0 spiro atoms. The Morgan fingerprint density at radius 2 is 1.67 bits per heavy atom. The van der Waals surface area contributed by atoms with Crippen molar-refractivity contribution >= 4 is 0 Å². The number of piperidine rings is 1. The summed E-state index contributed by atoms with van der Waals surface area (Å²) in [5, 5.41) is 11.1. The lowest BCUT2D eigenvalue weighted by atomic mass is 9.84. The van der Waals surface area contributed by atoms with Crippen molar-refractivity contribution in [3.05, 3.63) is 89.5 Å². The number of rotatable bonds is 5.